The predicted molar refractivity (Wildman–Crippen MR) is 220 cm³/mol. The van der Waals surface area contributed by atoms with Gasteiger partial charge in [0.2, 0.25) is 5.91 Å². The minimum Gasteiger partial charge on any atom is -0.450 e. The van der Waals surface area contributed by atoms with E-state index in [4.69, 9.17) is 23.9 Å². The number of carbonyl (C=O) groups is 5. The van der Waals surface area contributed by atoms with E-state index in [1.165, 1.54) is 29.1 Å². The van der Waals surface area contributed by atoms with E-state index < -0.39 is 77.3 Å². The van der Waals surface area contributed by atoms with Crippen molar-refractivity contribution in [1.29, 1.82) is 0 Å². The van der Waals surface area contributed by atoms with Crippen LogP contribution in [0.3, 0.4) is 0 Å². The van der Waals surface area contributed by atoms with E-state index >= 15 is 8.78 Å². The number of nitrogens with one attached hydrogen (secondary N) is 1. The number of methoxy groups -OCH3 is 1. The Bertz CT molecular complexity index is 2070. The lowest BCUT2D eigenvalue weighted by atomic mass is 9.79. The van der Waals surface area contributed by atoms with Crippen molar-refractivity contribution in [2.24, 2.45) is 11.3 Å². The maximum absolute atomic E-state index is 16.0. The first kappa shape index (κ1) is 47.3. The number of imidazole rings is 1. The van der Waals surface area contributed by atoms with Gasteiger partial charge in [-0.1, -0.05) is 44.2 Å². The quantitative estimate of drug-likeness (QED) is 0.117. The van der Waals surface area contributed by atoms with Gasteiger partial charge in [0, 0.05) is 63.1 Å². The molecule has 5 rings (SSSR count). The number of benzene rings is 2. The number of carbonyl (C=O) groups excluding carboxylic acids is 5. The average molecular weight is 869 g/mol. The fourth-order valence-corrected chi connectivity index (χ4v) is 7.31. The first-order chi connectivity index (χ1) is 29.4. The van der Waals surface area contributed by atoms with Crippen molar-refractivity contribution >= 4 is 29.9 Å². The molecule has 15 nitrogen and oxygen atoms in total. The summed E-state index contributed by atoms with van der Waals surface area (Å²) < 4.78 is 69.6. The Labute approximate surface area is 359 Å². The number of halogens is 3. The standard InChI is InChI=1S/C44H55F3N6O9/c1-43(2,3)62-42(58)51-24-30(34(47)26-51)25-53(38(56)28-59-6)39(44(4,5)16-19-61-41(57)48-17-20-60-21-18-52-36(54)14-15-37(52)55)40-49-35(32-22-31(45)12-13-33(32)46)27-50(40)23-29-10-8-7-9-11-29/h7-15,22,27,30,34,39H,16-21,23-26,28H2,1-6H3,(H,48,57). The minimum atomic E-state index is -1.54. The Balaban J connectivity index is 1.43. The highest BCUT2D eigenvalue weighted by molar-refractivity contribution is 6.12. The Morgan fingerprint density at radius 2 is 1.68 bits per heavy atom. The number of alkyl carbamates (subject to hydrolysis) is 1. The van der Waals surface area contributed by atoms with Gasteiger partial charge in [-0.3, -0.25) is 19.3 Å². The van der Waals surface area contributed by atoms with Crippen LogP contribution in [-0.4, -0.2) is 132 Å². The smallest absolute Gasteiger partial charge is 0.410 e. The molecule has 0 saturated carbocycles. The number of hydrogen-bond donors (Lipinski definition) is 1. The molecule has 0 aliphatic carbocycles. The van der Waals surface area contributed by atoms with E-state index in [0.29, 0.717) is 0 Å². The third-order valence-corrected chi connectivity index (χ3v) is 10.4. The van der Waals surface area contributed by atoms with Gasteiger partial charge in [0.25, 0.3) is 11.8 Å². The van der Waals surface area contributed by atoms with Crippen molar-refractivity contribution < 1.29 is 56.1 Å². The van der Waals surface area contributed by atoms with Crippen LogP contribution in [-0.2, 0) is 39.9 Å². The van der Waals surface area contributed by atoms with Gasteiger partial charge in [0.15, 0.2) is 0 Å². The van der Waals surface area contributed by atoms with Crippen molar-refractivity contribution in [3.63, 3.8) is 0 Å². The van der Waals surface area contributed by atoms with Crippen LogP contribution in [0.1, 0.15) is 58.5 Å². The highest BCUT2D eigenvalue weighted by Crippen LogP contribution is 2.43. The van der Waals surface area contributed by atoms with Gasteiger partial charge in [-0.2, -0.15) is 0 Å². The second-order valence-corrected chi connectivity index (χ2v) is 16.8. The molecule has 62 heavy (non-hydrogen) atoms. The summed E-state index contributed by atoms with van der Waals surface area (Å²) in [4.78, 5) is 72.2. The average Bonchev–Trinajstić information content (AvgIpc) is 3.88. The second kappa shape index (κ2) is 20.9. The summed E-state index contributed by atoms with van der Waals surface area (Å²) in [6, 6.07) is 11.3. The van der Waals surface area contributed by atoms with Gasteiger partial charge in [0.05, 0.1) is 44.6 Å². The summed E-state index contributed by atoms with van der Waals surface area (Å²) >= 11 is 0. The third-order valence-electron chi connectivity index (χ3n) is 10.4. The fourth-order valence-electron chi connectivity index (χ4n) is 7.31. The van der Waals surface area contributed by atoms with E-state index in [9.17, 15) is 28.4 Å². The number of likely N-dealkylation sites (tertiary alicyclic amines) is 1. The Kier molecular flexibility index (Phi) is 15.9. The van der Waals surface area contributed by atoms with Gasteiger partial charge < -0.3 is 38.6 Å². The van der Waals surface area contributed by atoms with Gasteiger partial charge in [0.1, 0.15) is 35.8 Å². The van der Waals surface area contributed by atoms with Crippen molar-refractivity contribution in [2.45, 2.75) is 65.4 Å². The molecule has 5 amide bonds. The number of amides is 5. The molecular formula is C44H55F3N6O9. The Morgan fingerprint density at radius 3 is 2.35 bits per heavy atom. The summed E-state index contributed by atoms with van der Waals surface area (Å²) in [6.07, 6.45) is 1.07. The molecule has 2 aromatic carbocycles. The molecule has 1 fully saturated rings. The van der Waals surface area contributed by atoms with Gasteiger partial charge >= 0.3 is 12.2 Å². The molecule has 3 atom stereocenters. The molecule has 1 aromatic heterocycles. The van der Waals surface area contributed by atoms with Crippen LogP contribution < -0.4 is 5.32 Å². The molecule has 0 radical (unpaired) electrons. The first-order valence-corrected chi connectivity index (χ1v) is 20.4. The maximum atomic E-state index is 16.0. The topological polar surface area (TPSA) is 162 Å². The largest absolute Gasteiger partial charge is 0.450 e. The highest BCUT2D eigenvalue weighted by Gasteiger charge is 2.45. The van der Waals surface area contributed by atoms with Gasteiger partial charge in [-0.05, 0) is 56.4 Å². The van der Waals surface area contributed by atoms with Crippen molar-refractivity contribution in [2.75, 3.05) is 66.3 Å². The van der Waals surface area contributed by atoms with Crippen LogP contribution in [0.2, 0.25) is 0 Å². The molecule has 1 N–H and O–H groups in total. The zero-order valence-electron chi connectivity index (χ0n) is 35.9. The molecule has 2 aliphatic rings. The molecular weight excluding hydrogens is 814 g/mol. The minimum absolute atomic E-state index is 0.0586. The van der Waals surface area contributed by atoms with E-state index in [0.717, 1.165) is 28.7 Å². The monoisotopic (exact) mass is 868 g/mol. The second-order valence-electron chi connectivity index (χ2n) is 16.8. The summed E-state index contributed by atoms with van der Waals surface area (Å²) in [6.45, 7) is 8.16. The number of alkyl halides is 1. The number of rotatable bonds is 19. The lowest BCUT2D eigenvalue weighted by Gasteiger charge is -2.43. The molecule has 2 aliphatic heterocycles. The molecule has 3 heterocycles. The Hall–Kier alpha value is -5.75. The van der Waals surface area contributed by atoms with E-state index in [1.807, 2.05) is 44.2 Å². The number of aromatic nitrogens is 2. The lowest BCUT2D eigenvalue weighted by Crippen LogP contribution is -2.48. The molecule has 3 unspecified atom stereocenters. The van der Waals surface area contributed by atoms with E-state index in [2.05, 4.69) is 5.32 Å². The summed E-state index contributed by atoms with van der Waals surface area (Å²) in [7, 11) is 1.35. The van der Waals surface area contributed by atoms with Crippen LogP contribution in [0.15, 0.2) is 66.9 Å². The van der Waals surface area contributed by atoms with Gasteiger partial charge in [-0.25, -0.2) is 27.7 Å². The van der Waals surface area contributed by atoms with Crippen LogP contribution in [0.5, 0.6) is 0 Å². The van der Waals surface area contributed by atoms with Crippen LogP contribution in [0.4, 0.5) is 22.8 Å². The fraction of sp³-hybridized carbons (Fsp3) is 0.500. The molecule has 3 aromatic rings. The van der Waals surface area contributed by atoms with Crippen LogP contribution in [0, 0.1) is 23.0 Å². The van der Waals surface area contributed by atoms with E-state index in [1.54, 1.807) is 31.5 Å². The first-order valence-electron chi connectivity index (χ1n) is 20.4. The number of ether oxygens (including phenoxy) is 4. The van der Waals surface area contributed by atoms with Crippen LogP contribution >= 0.6 is 0 Å². The highest BCUT2D eigenvalue weighted by atomic mass is 19.1. The summed E-state index contributed by atoms with van der Waals surface area (Å²) in [5.74, 6) is -3.40. The molecule has 0 spiro atoms. The normalized spacial score (nSPS) is 17.1. The number of imide groups is 1. The molecule has 0 bridgehead atoms. The zero-order chi connectivity index (χ0) is 45.2. The van der Waals surface area contributed by atoms with Gasteiger partial charge in [-0.15, -0.1) is 0 Å². The molecule has 336 valence electrons. The van der Waals surface area contributed by atoms with Crippen LogP contribution in [0.25, 0.3) is 11.3 Å². The number of hydrogen-bond acceptors (Lipinski definition) is 10. The molecule has 18 heteroatoms. The Morgan fingerprint density at radius 1 is 0.968 bits per heavy atom. The SMILES string of the molecule is COCC(=O)N(CC1CN(C(=O)OC(C)(C)C)CC1F)C(c1nc(-c2cc(F)ccc2F)cn1Cc1ccccc1)C(C)(C)CCOC(=O)NCCOCCN1C(=O)C=CC1=O. The zero-order valence-corrected chi connectivity index (χ0v) is 35.9. The van der Waals surface area contributed by atoms with Crippen molar-refractivity contribution in [3.05, 3.63) is 89.9 Å². The summed E-state index contributed by atoms with van der Waals surface area (Å²) in [5.41, 5.74) is -1.05. The molecule has 1 saturated heterocycles. The van der Waals surface area contributed by atoms with Crippen molar-refractivity contribution in [3.8, 4) is 11.3 Å². The van der Waals surface area contributed by atoms with E-state index in [-0.39, 0.29) is 82.6 Å². The maximum Gasteiger partial charge on any atom is 0.410 e. The predicted octanol–water partition coefficient (Wildman–Crippen LogP) is 5.68. The number of nitrogens with zero attached hydrogens (tertiary/aromatic N) is 5. The summed E-state index contributed by atoms with van der Waals surface area (Å²) in [5, 5.41) is 2.59. The third kappa shape index (κ3) is 12.7. The lowest BCUT2D eigenvalue weighted by molar-refractivity contribution is -0.142. The van der Waals surface area contributed by atoms with Crippen molar-refractivity contribution in [1.82, 2.24) is 29.6 Å².